The van der Waals surface area contributed by atoms with E-state index in [0.717, 1.165) is 12.3 Å². The molecule has 0 aliphatic heterocycles. The van der Waals surface area contributed by atoms with Crippen molar-refractivity contribution >= 4 is 50.1 Å². The van der Waals surface area contributed by atoms with Crippen molar-refractivity contribution in [2.24, 2.45) is 0 Å². The van der Waals surface area contributed by atoms with Crippen molar-refractivity contribution in [3.63, 3.8) is 0 Å². The largest absolute Gasteiger partial charge is 0.127 e. The Morgan fingerprint density at radius 1 is 1.71 bits per heavy atom. The molecule has 0 heterocycles. The van der Waals surface area contributed by atoms with Crippen molar-refractivity contribution in [1.29, 1.82) is 0 Å². The van der Waals surface area contributed by atoms with E-state index in [4.69, 9.17) is 11.6 Å². The molecular formula is C4H7BrClI. The third-order valence-corrected chi connectivity index (χ3v) is 1.90. The Balaban J connectivity index is 2.68. The molecule has 0 saturated carbocycles. The van der Waals surface area contributed by atoms with Crippen LogP contribution in [-0.2, 0) is 0 Å². The molecule has 7 heavy (non-hydrogen) atoms. The monoisotopic (exact) mass is 296 g/mol. The van der Waals surface area contributed by atoms with Crippen molar-refractivity contribution in [2.45, 2.75) is 15.7 Å². The summed E-state index contributed by atoms with van der Waals surface area (Å²) in [4.78, 5) is 0. The SMILES string of the molecule is ClCCCC(Br)I. The third-order valence-electron chi connectivity index (χ3n) is 0.556. The van der Waals surface area contributed by atoms with Crippen molar-refractivity contribution in [2.75, 3.05) is 5.88 Å². The predicted molar refractivity (Wildman–Crippen MR) is 46.7 cm³/mol. The molecule has 1 atom stereocenters. The highest BCUT2D eigenvalue weighted by Crippen LogP contribution is 2.15. The predicted octanol–water partition coefficient (Wildman–Crippen LogP) is 3.16. The first-order valence-electron chi connectivity index (χ1n) is 2.11. The van der Waals surface area contributed by atoms with Crippen LogP contribution in [0.25, 0.3) is 0 Å². The van der Waals surface area contributed by atoms with Crippen LogP contribution in [0.5, 0.6) is 0 Å². The molecule has 0 N–H and O–H groups in total. The fourth-order valence-electron chi connectivity index (χ4n) is 0.231. The zero-order chi connectivity index (χ0) is 5.70. The van der Waals surface area contributed by atoms with E-state index >= 15 is 0 Å². The number of hydrogen-bond donors (Lipinski definition) is 0. The molecule has 0 saturated heterocycles. The molecular weight excluding hydrogens is 290 g/mol. The number of hydrogen-bond acceptors (Lipinski definition) is 0. The molecule has 0 aliphatic rings. The molecule has 0 aromatic carbocycles. The lowest BCUT2D eigenvalue weighted by atomic mass is 10.4. The Morgan fingerprint density at radius 3 is 2.43 bits per heavy atom. The molecule has 0 spiro atoms. The molecule has 0 radical (unpaired) electrons. The number of halogens is 3. The van der Waals surface area contributed by atoms with Gasteiger partial charge >= 0.3 is 0 Å². The maximum Gasteiger partial charge on any atom is 0.0662 e. The fourth-order valence-corrected chi connectivity index (χ4v) is 1.15. The van der Waals surface area contributed by atoms with Crippen LogP contribution >= 0.6 is 50.1 Å². The zero-order valence-corrected chi connectivity index (χ0v) is 8.33. The van der Waals surface area contributed by atoms with Gasteiger partial charge in [0, 0.05) is 5.88 Å². The van der Waals surface area contributed by atoms with E-state index in [0.29, 0.717) is 2.83 Å². The normalized spacial score (nSPS) is 14.1. The molecule has 0 amide bonds. The third kappa shape index (κ3) is 7.50. The Morgan fingerprint density at radius 2 is 2.29 bits per heavy atom. The maximum absolute atomic E-state index is 5.42. The van der Waals surface area contributed by atoms with Crippen LogP contribution in [0.3, 0.4) is 0 Å². The molecule has 0 nitrogen and oxygen atoms in total. The Hall–Kier alpha value is 1.50. The van der Waals surface area contributed by atoms with E-state index in [9.17, 15) is 0 Å². The molecule has 0 aromatic heterocycles. The molecule has 0 fully saturated rings. The summed E-state index contributed by atoms with van der Waals surface area (Å²) in [5, 5.41) is 0. The van der Waals surface area contributed by atoms with Gasteiger partial charge < -0.3 is 0 Å². The van der Waals surface area contributed by atoms with Gasteiger partial charge in [-0.05, 0) is 12.8 Å². The summed E-state index contributed by atoms with van der Waals surface area (Å²) in [6.07, 6.45) is 2.28. The molecule has 0 bridgehead atoms. The summed E-state index contributed by atoms with van der Waals surface area (Å²) >= 11 is 11.1. The first-order chi connectivity index (χ1) is 3.27. The smallest absolute Gasteiger partial charge is 0.0662 e. The summed E-state index contributed by atoms with van der Waals surface area (Å²) in [7, 11) is 0. The summed E-state index contributed by atoms with van der Waals surface area (Å²) in [5.41, 5.74) is 0. The Labute approximate surface area is 71.3 Å². The van der Waals surface area contributed by atoms with Crippen LogP contribution in [0.15, 0.2) is 0 Å². The van der Waals surface area contributed by atoms with Gasteiger partial charge in [0.05, 0.1) is 2.83 Å². The second-order valence-electron chi connectivity index (χ2n) is 1.22. The fraction of sp³-hybridized carbons (Fsp3) is 1.00. The van der Waals surface area contributed by atoms with E-state index in [1.807, 2.05) is 0 Å². The van der Waals surface area contributed by atoms with Crippen molar-refractivity contribution in [3.8, 4) is 0 Å². The second kappa shape index (κ2) is 5.63. The highest BCUT2D eigenvalue weighted by Gasteiger charge is 1.93. The van der Waals surface area contributed by atoms with Crippen molar-refractivity contribution < 1.29 is 0 Å². The molecule has 0 aromatic rings. The first kappa shape index (κ1) is 8.50. The molecule has 3 heteroatoms. The zero-order valence-electron chi connectivity index (χ0n) is 3.83. The summed E-state index contributed by atoms with van der Waals surface area (Å²) in [5.74, 6) is 0.783. The van der Waals surface area contributed by atoms with Crippen LogP contribution in [-0.4, -0.2) is 8.71 Å². The average molecular weight is 297 g/mol. The Bertz CT molecular complexity index is 40.7. The van der Waals surface area contributed by atoms with Gasteiger partial charge in [0.2, 0.25) is 0 Å². The minimum Gasteiger partial charge on any atom is -0.127 e. The van der Waals surface area contributed by atoms with Gasteiger partial charge in [-0.3, -0.25) is 0 Å². The van der Waals surface area contributed by atoms with E-state index in [-0.39, 0.29) is 0 Å². The lowest BCUT2D eigenvalue weighted by Crippen LogP contribution is -1.83. The van der Waals surface area contributed by atoms with Gasteiger partial charge in [-0.15, -0.1) is 11.6 Å². The highest BCUT2D eigenvalue weighted by atomic mass is 127. The maximum atomic E-state index is 5.42. The van der Waals surface area contributed by atoms with E-state index in [2.05, 4.69) is 38.5 Å². The van der Waals surface area contributed by atoms with E-state index < -0.39 is 0 Å². The first-order valence-corrected chi connectivity index (χ1v) is 4.81. The second-order valence-corrected chi connectivity index (χ2v) is 5.92. The van der Waals surface area contributed by atoms with Crippen molar-refractivity contribution in [3.05, 3.63) is 0 Å². The van der Waals surface area contributed by atoms with Gasteiger partial charge in [-0.2, -0.15) is 0 Å². The lowest BCUT2D eigenvalue weighted by Gasteiger charge is -1.94. The summed E-state index contributed by atoms with van der Waals surface area (Å²) in [6, 6.07) is 0. The van der Waals surface area contributed by atoms with Crippen molar-refractivity contribution in [1.82, 2.24) is 0 Å². The summed E-state index contributed by atoms with van der Waals surface area (Å²) in [6.45, 7) is 0. The quantitative estimate of drug-likeness (QED) is 0.554. The number of alkyl halides is 3. The molecule has 0 rings (SSSR count). The standard InChI is InChI=1S/C4H7BrClI/c5-4(7)2-1-3-6/h4H,1-3H2. The van der Waals surface area contributed by atoms with E-state index in [1.165, 1.54) is 6.42 Å². The van der Waals surface area contributed by atoms with Crippen LogP contribution in [0.2, 0.25) is 0 Å². The van der Waals surface area contributed by atoms with Gasteiger partial charge in [0.1, 0.15) is 0 Å². The van der Waals surface area contributed by atoms with Crippen LogP contribution < -0.4 is 0 Å². The lowest BCUT2D eigenvalue weighted by molar-refractivity contribution is 0.896. The van der Waals surface area contributed by atoms with Gasteiger partial charge in [0.15, 0.2) is 0 Å². The van der Waals surface area contributed by atoms with Gasteiger partial charge in [-0.1, -0.05) is 38.5 Å². The molecule has 44 valence electrons. The average Bonchev–Trinajstić information content (AvgIpc) is 1.61. The van der Waals surface area contributed by atoms with E-state index in [1.54, 1.807) is 0 Å². The van der Waals surface area contributed by atoms with Crippen LogP contribution in [0.1, 0.15) is 12.8 Å². The number of rotatable bonds is 3. The van der Waals surface area contributed by atoms with Gasteiger partial charge in [0.25, 0.3) is 0 Å². The summed E-state index contributed by atoms with van der Waals surface area (Å²) < 4.78 is 0.601. The highest BCUT2D eigenvalue weighted by molar-refractivity contribution is 14.1. The molecule has 1 unspecified atom stereocenters. The van der Waals surface area contributed by atoms with Crippen LogP contribution in [0, 0.1) is 0 Å². The minimum absolute atomic E-state index is 0.601. The van der Waals surface area contributed by atoms with Gasteiger partial charge in [-0.25, -0.2) is 0 Å². The van der Waals surface area contributed by atoms with Crippen LogP contribution in [0.4, 0.5) is 0 Å². The Kier molecular flexibility index (Phi) is 6.84. The topological polar surface area (TPSA) is 0 Å². The minimum atomic E-state index is 0.601. The molecule has 0 aliphatic carbocycles.